The predicted octanol–water partition coefficient (Wildman–Crippen LogP) is -0.0865. The molecule has 134 valence electrons. The zero-order valence-electron chi connectivity index (χ0n) is 14.2. The maximum Gasteiger partial charge on any atom is 0.274 e. The van der Waals surface area contributed by atoms with Crippen LogP contribution in [0.15, 0.2) is 12.3 Å². The van der Waals surface area contributed by atoms with Crippen molar-refractivity contribution in [3.8, 4) is 0 Å². The van der Waals surface area contributed by atoms with Crippen LogP contribution in [0.5, 0.6) is 0 Å². The highest BCUT2D eigenvalue weighted by atomic mass is 32.2. The van der Waals surface area contributed by atoms with Gasteiger partial charge in [-0.2, -0.15) is 9.40 Å². The molecule has 0 bridgehead atoms. The highest BCUT2D eigenvalue weighted by Gasteiger charge is 2.32. The van der Waals surface area contributed by atoms with Gasteiger partial charge >= 0.3 is 0 Å². The van der Waals surface area contributed by atoms with Crippen LogP contribution in [0.4, 0.5) is 0 Å². The molecule has 1 amide bonds. The number of piperazine rings is 1. The van der Waals surface area contributed by atoms with Crippen LogP contribution in [-0.4, -0.2) is 78.3 Å². The smallest absolute Gasteiger partial charge is 0.274 e. The van der Waals surface area contributed by atoms with Gasteiger partial charge in [0.1, 0.15) is 5.69 Å². The number of amides is 1. The standard InChI is InChI=1S/C15H25N5O3S/c1-12-11-18(8-9-20(12)24(2,22)23)15(21)14-5-7-19(17-14)13-4-3-6-16-10-13/h5,7,12-13,16H,3-4,6,8-11H2,1-2H3/t12-,13?/m0/s1. The van der Waals surface area contributed by atoms with E-state index in [4.69, 9.17) is 0 Å². The fourth-order valence-corrected chi connectivity index (χ4v) is 4.63. The summed E-state index contributed by atoms with van der Waals surface area (Å²) in [5, 5.41) is 7.80. The van der Waals surface area contributed by atoms with E-state index in [1.165, 1.54) is 10.6 Å². The molecule has 2 atom stereocenters. The topological polar surface area (TPSA) is 87.5 Å². The second-order valence-electron chi connectivity index (χ2n) is 6.66. The van der Waals surface area contributed by atoms with Gasteiger partial charge in [0.15, 0.2) is 0 Å². The van der Waals surface area contributed by atoms with Crippen molar-refractivity contribution in [3.05, 3.63) is 18.0 Å². The number of rotatable bonds is 3. The monoisotopic (exact) mass is 355 g/mol. The van der Waals surface area contributed by atoms with E-state index >= 15 is 0 Å². The normalized spacial score (nSPS) is 26.5. The Morgan fingerprint density at radius 2 is 2.17 bits per heavy atom. The Balaban J connectivity index is 1.66. The molecule has 2 aliphatic rings. The number of carbonyl (C=O) groups is 1. The SMILES string of the molecule is C[C@H]1CN(C(=O)c2ccn(C3CCCNC3)n2)CCN1S(C)(=O)=O. The number of aromatic nitrogens is 2. The van der Waals surface area contributed by atoms with E-state index in [2.05, 4.69) is 10.4 Å². The van der Waals surface area contributed by atoms with Gasteiger partial charge < -0.3 is 10.2 Å². The molecule has 0 saturated carbocycles. The third-order valence-electron chi connectivity index (χ3n) is 4.75. The molecule has 0 aliphatic carbocycles. The minimum Gasteiger partial charge on any atom is -0.334 e. The third-order valence-corrected chi connectivity index (χ3v) is 6.15. The molecule has 3 heterocycles. The lowest BCUT2D eigenvalue weighted by molar-refractivity contribution is 0.0635. The highest BCUT2D eigenvalue weighted by molar-refractivity contribution is 7.88. The molecule has 2 fully saturated rings. The van der Waals surface area contributed by atoms with Gasteiger partial charge in [0, 0.05) is 38.4 Å². The van der Waals surface area contributed by atoms with Crippen molar-refractivity contribution in [3.63, 3.8) is 0 Å². The van der Waals surface area contributed by atoms with Crippen LogP contribution >= 0.6 is 0 Å². The fourth-order valence-electron chi connectivity index (χ4n) is 3.49. The average molecular weight is 355 g/mol. The number of piperidine rings is 1. The molecule has 1 aromatic rings. The van der Waals surface area contributed by atoms with E-state index < -0.39 is 10.0 Å². The van der Waals surface area contributed by atoms with Crippen molar-refractivity contribution in [1.82, 2.24) is 24.3 Å². The quantitative estimate of drug-likeness (QED) is 0.819. The summed E-state index contributed by atoms with van der Waals surface area (Å²) in [4.78, 5) is 14.4. The van der Waals surface area contributed by atoms with Crippen molar-refractivity contribution in [2.45, 2.75) is 31.8 Å². The van der Waals surface area contributed by atoms with E-state index in [1.807, 2.05) is 17.8 Å². The average Bonchev–Trinajstić information content (AvgIpc) is 3.03. The summed E-state index contributed by atoms with van der Waals surface area (Å²) in [5.74, 6) is -0.127. The van der Waals surface area contributed by atoms with Crippen LogP contribution in [-0.2, 0) is 10.0 Å². The molecular weight excluding hydrogens is 330 g/mol. The number of nitrogens with zero attached hydrogens (tertiary/aromatic N) is 4. The van der Waals surface area contributed by atoms with Crippen molar-refractivity contribution in [1.29, 1.82) is 0 Å². The molecule has 2 aliphatic heterocycles. The molecule has 1 aromatic heterocycles. The Morgan fingerprint density at radius 1 is 1.38 bits per heavy atom. The minimum atomic E-state index is -3.23. The van der Waals surface area contributed by atoms with Crippen molar-refractivity contribution in [2.24, 2.45) is 0 Å². The summed E-state index contributed by atoms with van der Waals surface area (Å²) < 4.78 is 26.8. The molecule has 2 saturated heterocycles. The first-order valence-corrected chi connectivity index (χ1v) is 10.2. The Morgan fingerprint density at radius 3 is 2.79 bits per heavy atom. The van der Waals surface area contributed by atoms with Crippen molar-refractivity contribution < 1.29 is 13.2 Å². The molecule has 9 heteroatoms. The van der Waals surface area contributed by atoms with Gasteiger partial charge in [0.05, 0.1) is 12.3 Å². The summed E-state index contributed by atoms with van der Waals surface area (Å²) in [6.45, 7) is 4.86. The van der Waals surface area contributed by atoms with Crippen LogP contribution in [0.1, 0.15) is 36.3 Å². The number of hydrogen-bond donors (Lipinski definition) is 1. The number of nitrogens with one attached hydrogen (secondary N) is 1. The molecular formula is C15H25N5O3S. The van der Waals surface area contributed by atoms with Gasteiger partial charge in [-0.3, -0.25) is 9.48 Å². The largest absolute Gasteiger partial charge is 0.334 e. The third kappa shape index (κ3) is 3.62. The molecule has 0 spiro atoms. The van der Waals surface area contributed by atoms with Crippen LogP contribution in [0.25, 0.3) is 0 Å². The lowest BCUT2D eigenvalue weighted by Crippen LogP contribution is -2.55. The van der Waals surface area contributed by atoms with Crippen LogP contribution in [0.3, 0.4) is 0 Å². The van der Waals surface area contributed by atoms with E-state index in [-0.39, 0.29) is 11.9 Å². The maximum absolute atomic E-state index is 12.7. The Bertz CT molecular complexity index is 696. The number of hydrogen-bond acceptors (Lipinski definition) is 5. The summed E-state index contributed by atoms with van der Waals surface area (Å²) in [7, 11) is -3.23. The van der Waals surface area contributed by atoms with Crippen molar-refractivity contribution in [2.75, 3.05) is 39.0 Å². The second kappa shape index (κ2) is 6.81. The molecule has 0 aromatic carbocycles. The van der Waals surface area contributed by atoms with E-state index in [0.717, 1.165) is 25.9 Å². The lowest BCUT2D eigenvalue weighted by atomic mass is 10.1. The summed E-state index contributed by atoms with van der Waals surface area (Å²) in [6.07, 6.45) is 5.24. The zero-order chi connectivity index (χ0) is 17.3. The van der Waals surface area contributed by atoms with E-state index in [0.29, 0.717) is 31.4 Å². The van der Waals surface area contributed by atoms with Gasteiger partial charge in [-0.25, -0.2) is 8.42 Å². The Hall–Kier alpha value is -1.45. The summed E-state index contributed by atoms with van der Waals surface area (Å²) in [6, 6.07) is 1.83. The van der Waals surface area contributed by atoms with E-state index in [9.17, 15) is 13.2 Å². The highest BCUT2D eigenvalue weighted by Crippen LogP contribution is 2.18. The van der Waals surface area contributed by atoms with Crippen LogP contribution in [0, 0.1) is 0 Å². The molecule has 8 nitrogen and oxygen atoms in total. The zero-order valence-corrected chi connectivity index (χ0v) is 15.0. The predicted molar refractivity (Wildman–Crippen MR) is 90.3 cm³/mol. The van der Waals surface area contributed by atoms with Gasteiger partial charge in [0.25, 0.3) is 5.91 Å². The minimum absolute atomic E-state index is 0.127. The Kier molecular flexibility index (Phi) is 4.93. The molecule has 24 heavy (non-hydrogen) atoms. The number of sulfonamides is 1. The Labute approximate surface area is 142 Å². The molecule has 1 N–H and O–H groups in total. The lowest BCUT2D eigenvalue weighted by Gasteiger charge is -2.38. The van der Waals surface area contributed by atoms with Gasteiger partial charge in [-0.15, -0.1) is 0 Å². The van der Waals surface area contributed by atoms with Crippen LogP contribution in [0.2, 0.25) is 0 Å². The fraction of sp³-hybridized carbons (Fsp3) is 0.733. The van der Waals surface area contributed by atoms with Crippen molar-refractivity contribution >= 4 is 15.9 Å². The van der Waals surface area contributed by atoms with E-state index in [1.54, 1.807) is 11.0 Å². The van der Waals surface area contributed by atoms with Crippen LogP contribution < -0.4 is 5.32 Å². The number of carbonyl (C=O) groups excluding carboxylic acids is 1. The molecule has 0 radical (unpaired) electrons. The van der Waals surface area contributed by atoms with Gasteiger partial charge in [-0.05, 0) is 32.4 Å². The van der Waals surface area contributed by atoms with Gasteiger partial charge in [-0.1, -0.05) is 0 Å². The molecule has 1 unspecified atom stereocenters. The first kappa shape index (κ1) is 17.4. The first-order valence-electron chi connectivity index (χ1n) is 8.38. The second-order valence-corrected chi connectivity index (χ2v) is 8.59. The summed E-state index contributed by atoms with van der Waals surface area (Å²) >= 11 is 0. The maximum atomic E-state index is 12.7. The first-order chi connectivity index (χ1) is 11.4. The molecule has 3 rings (SSSR count). The van der Waals surface area contributed by atoms with Gasteiger partial charge in [0.2, 0.25) is 10.0 Å². The summed E-state index contributed by atoms with van der Waals surface area (Å²) in [5.41, 5.74) is 0.431.